The molecule has 1 fully saturated rings. The molecule has 2 aromatic rings. The third-order valence-electron chi connectivity index (χ3n) is 4.84. The molecule has 1 amide bonds. The minimum absolute atomic E-state index is 0.0439. The van der Waals surface area contributed by atoms with Crippen LogP contribution in [0.15, 0.2) is 54.6 Å². The van der Waals surface area contributed by atoms with Crippen molar-refractivity contribution in [3.8, 4) is 6.07 Å². The second kappa shape index (κ2) is 7.94. The molecular weight excluding hydrogens is 315 g/mol. The van der Waals surface area contributed by atoms with Gasteiger partial charge in [0.1, 0.15) is 5.82 Å². The molecule has 0 spiro atoms. The highest BCUT2D eigenvalue weighted by Crippen LogP contribution is 2.26. The number of benzene rings is 2. The second-order valence-corrected chi connectivity index (χ2v) is 6.52. The van der Waals surface area contributed by atoms with Crippen molar-refractivity contribution in [2.24, 2.45) is 5.92 Å². The van der Waals surface area contributed by atoms with Gasteiger partial charge < -0.3 is 4.90 Å². The number of amides is 1. The van der Waals surface area contributed by atoms with Gasteiger partial charge in [-0.1, -0.05) is 42.5 Å². The Morgan fingerprint density at radius 2 is 1.76 bits per heavy atom. The summed E-state index contributed by atoms with van der Waals surface area (Å²) in [6.45, 7) is 1.23. The van der Waals surface area contributed by atoms with Gasteiger partial charge in [-0.05, 0) is 42.5 Å². The smallest absolute Gasteiger partial charge is 0.230 e. The third-order valence-corrected chi connectivity index (χ3v) is 4.84. The van der Waals surface area contributed by atoms with Crippen molar-refractivity contribution in [1.29, 1.82) is 5.26 Å². The van der Waals surface area contributed by atoms with Crippen molar-refractivity contribution < 1.29 is 9.18 Å². The zero-order valence-electron chi connectivity index (χ0n) is 14.1. The van der Waals surface area contributed by atoms with Crippen LogP contribution in [-0.4, -0.2) is 23.9 Å². The number of carbonyl (C=O) groups excluding carboxylic acids is 1. The number of hydrogen-bond donors (Lipinski definition) is 0. The van der Waals surface area contributed by atoms with Gasteiger partial charge in [-0.3, -0.25) is 4.79 Å². The van der Waals surface area contributed by atoms with Crippen LogP contribution in [0.1, 0.15) is 29.9 Å². The molecule has 1 saturated heterocycles. The van der Waals surface area contributed by atoms with Crippen LogP contribution in [0.25, 0.3) is 0 Å². The summed E-state index contributed by atoms with van der Waals surface area (Å²) in [5.41, 5.74) is 1.91. The molecule has 3 rings (SSSR count). The summed E-state index contributed by atoms with van der Waals surface area (Å²) in [6, 6.07) is 18.4. The lowest BCUT2D eigenvalue weighted by atomic mass is 9.89. The Kier molecular flexibility index (Phi) is 5.45. The molecule has 0 N–H and O–H groups in total. The first kappa shape index (κ1) is 17.2. The van der Waals surface area contributed by atoms with Crippen molar-refractivity contribution >= 4 is 5.91 Å². The first-order valence-electron chi connectivity index (χ1n) is 8.65. The maximum absolute atomic E-state index is 13.3. The number of nitrogens with zero attached hydrogens (tertiary/aromatic N) is 2. The van der Waals surface area contributed by atoms with Gasteiger partial charge in [-0.15, -0.1) is 0 Å². The summed E-state index contributed by atoms with van der Waals surface area (Å²) in [6.07, 6.45) is 2.04. The molecule has 0 aliphatic carbocycles. The van der Waals surface area contributed by atoms with E-state index in [1.54, 1.807) is 12.1 Å². The Hall–Kier alpha value is -2.67. The molecule has 1 heterocycles. The number of halogens is 1. The molecule has 4 heteroatoms. The monoisotopic (exact) mass is 336 g/mol. The van der Waals surface area contributed by atoms with Gasteiger partial charge in [0.05, 0.1) is 12.0 Å². The van der Waals surface area contributed by atoms with Crippen molar-refractivity contribution in [2.75, 3.05) is 13.1 Å². The van der Waals surface area contributed by atoms with Crippen LogP contribution in [0.3, 0.4) is 0 Å². The highest BCUT2D eigenvalue weighted by molar-refractivity contribution is 5.84. The van der Waals surface area contributed by atoms with Crippen LogP contribution in [-0.2, 0) is 11.2 Å². The zero-order valence-corrected chi connectivity index (χ0v) is 14.1. The van der Waals surface area contributed by atoms with Gasteiger partial charge in [0.25, 0.3) is 0 Å². The first-order valence-corrected chi connectivity index (χ1v) is 8.65. The summed E-state index contributed by atoms with van der Waals surface area (Å²) < 4.78 is 13.3. The molecule has 128 valence electrons. The highest BCUT2D eigenvalue weighted by Gasteiger charge is 2.29. The molecule has 2 aromatic carbocycles. The standard InChI is InChI=1S/C21H21FN2O/c22-19-8-6-18(7-9-19)20(14-16-4-2-1-3-5-16)21(25)24-12-10-17(15-23)11-13-24/h1-9,17,20H,10-14H2. The summed E-state index contributed by atoms with van der Waals surface area (Å²) in [4.78, 5) is 15.0. The quantitative estimate of drug-likeness (QED) is 0.849. The van der Waals surface area contributed by atoms with E-state index in [-0.39, 0.29) is 23.6 Å². The SMILES string of the molecule is N#CC1CCN(C(=O)C(Cc2ccccc2)c2ccc(F)cc2)CC1. The molecule has 25 heavy (non-hydrogen) atoms. The molecule has 0 saturated carbocycles. The molecular formula is C21H21FN2O. The number of likely N-dealkylation sites (tertiary alicyclic amines) is 1. The zero-order chi connectivity index (χ0) is 17.6. The van der Waals surface area contributed by atoms with Crippen LogP contribution < -0.4 is 0 Å². The maximum Gasteiger partial charge on any atom is 0.230 e. The average Bonchev–Trinajstić information content (AvgIpc) is 2.67. The Morgan fingerprint density at radius 1 is 1.12 bits per heavy atom. The van der Waals surface area contributed by atoms with Crippen LogP contribution >= 0.6 is 0 Å². The summed E-state index contributed by atoms with van der Waals surface area (Å²) in [7, 11) is 0. The fourth-order valence-electron chi connectivity index (χ4n) is 3.34. The van der Waals surface area contributed by atoms with Gasteiger partial charge in [0.2, 0.25) is 5.91 Å². The topological polar surface area (TPSA) is 44.1 Å². The number of nitriles is 1. The molecule has 3 nitrogen and oxygen atoms in total. The Bertz CT molecular complexity index is 744. The summed E-state index contributed by atoms with van der Waals surface area (Å²) >= 11 is 0. The molecule has 1 aliphatic heterocycles. The molecule has 0 aromatic heterocycles. The highest BCUT2D eigenvalue weighted by atomic mass is 19.1. The van der Waals surface area contributed by atoms with Gasteiger partial charge in [-0.25, -0.2) is 4.39 Å². The fraction of sp³-hybridized carbons (Fsp3) is 0.333. The minimum Gasteiger partial charge on any atom is -0.342 e. The van der Waals surface area contributed by atoms with Gasteiger partial charge >= 0.3 is 0 Å². The minimum atomic E-state index is -0.332. The number of hydrogen-bond acceptors (Lipinski definition) is 2. The predicted molar refractivity (Wildman–Crippen MR) is 94.2 cm³/mol. The van der Waals surface area contributed by atoms with E-state index in [0.29, 0.717) is 19.5 Å². The number of rotatable bonds is 4. The van der Waals surface area contributed by atoms with Gasteiger partial charge in [0, 0.05) is 19.0 Å². The predicted octanol–water partition coefficient (Wildman–Crippen LogP) is 3.91. The summed E-state index contributed by atoms with van der Waals surface area (Å²) in [5.74, 6) is -0.527. The van der Waals surface area contributed by atoms with Crippen LogP contribution in [0.4, 0.5) is 4.39 Å². The van der Waals surface area contributed by atoms with Crippen LogP contribution in [0.2, 0.25) is 0 Å². The van der Waals surface area contributed by atoms with E-state index in [2.05, 4.69) is 6.07 Å². The lowest BCUT2D eigenvalue weighted by molar-refractivity contribution is -0.134. The van der Waals surface area contributed by atoms with E-state index in [0.717, 1.165) is 24.0 Å². The number of carbonyl (C=O) groups is 1. The second-order valence-electron chi connectivity index (χ2n) is 6.52. The first-order chi connectivity index (χ1) is 12.2. The Balaban J connectivity index is 1.82. The van der Waals surface area contributed by atoms with E-state index in [4.69, 9.17) is 5.26 Å². The van der Waals surface area contributed by atoms with Crippen molar-refractivity contribution in [3.05, 3.63) is 71.5 Å². The van der Waals surface area contributed by atoms with E-state index in [1.807, 2.05) is 35.2 Å². The Morgan fingerprint density at radius 3 is 2.36 bits per heavy atom. The van der Waals surface area contributed by atoms with Crippen molar-refractivity contribution in [3.63, 3.8) is 0 Å². The lowest BCUT2D eigenvalue weighted by Gasteiger charge is -2.32. The molecule has 0 bridgehead atoms. The van der Waals surface area contributed by atoms with Crippen LogP contribution in [0.5, 0.6) is 0 Å². The van der Waals surface area contributed by atoms with E-state index in [9.17, 15) is 9.18 Å². The molecule has 1 unspecified atom stereocenters. The third kappa shape index (κ3) is 4.24. The van der Waals surface area contributed by atoms with E-state index in [1.165, 1.54) is 12.1 Å². The molecule has 0 radical (unpaired) electrons. The maximum atomic E-state index is 13.3. The van der Waals surface area contributed by atoms with Crippen molar-refractivity contribution in [2.45, 2.75) is 25.2 Å². The van der Waals surface area contributed by atoms with Gasteiger partial charge in [0.15, 0.2) is 0 Å². The molecule has 1 aliphatic rings. The fourth-order valence-corrected chi connectivity index (χ4v) is 3.34. The summed E-state index contributed by atoms with van der Waals surface area (Å²) in [5, 5.41) is 9.03. The lowest BCUT2D eigenvalue weighted by Crippen LogP contribution is -2.41. The Labute approximate surface area is 147 Å². The van der Waals surface area contributed by atoms with Crippen molar-refractivity contribution in [1.82, 2.24) is 4.90 Å². The average molecular weight is 336 g/mol. The van der Waals surface area contributed by atoms with Crippen LogP contribution in [0, 0.1) is 23.1 Å². The van der Waals surface area contributed by atoms with E-state index >= 15 is 0 Å². The normalized spacial score (nSPS) is 16.2. The van der Waals surface area contributed by atoms with Gasteiger partial charge in [-0.2, -0.15) is 5.26 Å². The largest absolute Gasteiger partial charge is 0.342 e. The number of piperidine rings is 1. The van der Waals surface area contributed by atoms with E-state index < -0.39 is 0 Å². The molecule has 1 atom stereocenters.